The average molecular weight is 484 g/mol. The van der Waals surface area contributed by atoms with Gasteiger partial charge in [0, 0.05) is 20.1 Å². The van der Waals surface area contributed by atoms with Crippen molar-refractivity contribution < 1.29 is 13.2 Å². The van der Waals surface area contributed by atoms with E-state index in [1.165, 1.54) is 25.0 Å². The highest BCUT2D eigenvalue weighted by atomic mass is 127. The number of benzene rings is 1. The molecule has 1 aromatic carbocycles. The third-order valence-electron chi connectivity index (χ3n) is 4.62. The molecule has 2 N–H and O–H groups in total. The maximum absolute atomic E-state index is 12.7. The lowest BCUT2D eigenvalue weighted by Gasteiger charge is -2.29. The third kappa shape index (κ3) is 7.69. The molecule has 8 heteroatoms. The van der Waals surface area contributed by atoms with Crippen LogP contribution in [0.4, 0.5) is 13.2 Å². The average Bonchev–Trinajstić information content (AvgIpc) is 2.59. The number of hydrogen-bond donors (Lipinski definition) is 2. The van der Waals surface area contributed by atoms with Gasteiger partial charge < -0.3 is 15.5 Å². The molecule has 0 amide bonds. The second-order valence-corrected chi connectivity index (χ2v) is 6.59. The fourth-order valence-corrected chi connectivity index (χ4v) is 3.01. The van der Waals surface area contributed by atoms with Crippen LogP contribution in [0.5, 0.6) is 0 Å². The molecule has 4 nitrogen and oxygen atoms in total. The van der Waals surface area contributed by atoms with Crippen LogP contribution in [0, 0.1) is 5.92 Å². The molecule has 26 heavy (non-hydrogen) atoms. The normalized spacial score (nSPS) is 16.9. The van der Waals surface area contributed by atoms with Crippen LogP contribution in [-0.2, 0) is 12.7 Å². The van der Waals surface area contributed by atoms with Gasteiger partial charge in [0.25, 0.3) is 0 Å². The number of piperidine rings is 1. The van der Waals surface area contributed by atoms with E-state index in [4.69, 9.17) is 0 Å². The summed E-state index contributed by atoms with van der Waals surface area (Å²) in [4.78, 5) is 6.48. The Labute approximate surface area is 170 Å². The molecule has 1 aromatic rings. The summed E-state index contributed by atoms with van der Waals surface area (Å²) in [7, 11) is 3.81. The van der Waals surface area contributed by atoms with Gasteiger partial charge in [0.15, 0.2) is 5.96 Å². The number of halogens is 4. The van der Waals surface area contributed by atoms with E-state index < -0.39 is 11.7 Å². The predicted octanol–water partition coefficient (Wildman–Crippen LogP) is 3.72. The second-order valence-electron chi connectivity index (χ2n) is 6.59. The molecule has 1 fully saturated rings. The van der Waals surface area contributed by atoms with Crippen molar-refractivity contribution in [2.45, 2.75) is 32.0 Å². The molecule has 0 atom stereocenters. The van der Waals surface area contributed by atoms with Gasteiger partial charge in [0.05, 0.1) is 5.56 Å². The minimum atomic E-state index is -4.32. The molecule has 0 unspecified atom stereocenters. The Balaban J connectivity index is 0.00000338. The first-order chi connectivity index (χ1) is 11.9. The van der Waals surface area contributed by atoms with Crippen LogP contribution in [0.1, 0.15) is 30.4 Å². The minimum absolute atomic E-state index is 0. The lowest BCUT2D eigenvalue weighted by molar-refractivity contribution is -0.137. The summed E-state index contributed by atoms with van der Waals surface area (Å²) in [6.07, 6.45) is -0.801. The van der Waals surface area contributed by atoms with Gasteiger partial charge in [-0.15, -0.1) is 24.0 Å². The predicted molar refractivity (Wildman–Crippen MR) is 110 cm³/mol. The van der Waals surface area contributed by atoms with E-state index >= 15 is 0 Å². The number of alkyl halides is 3. The number of likely N-dealkylation sites (tertiary alicyclic amines) is 1. The molecular weight excluding hydrogens is 456 g/mol. The summed E-state index contributed by atoms with van der Waals surface area (Å²) in [5.41, 5.74) is -0.0508. The highest BCUT2D eigenvalue weighted by Gasteiger charge is 2.30. The maximum Gasteiger partial charge on any atom is 0.416 e. The highest BCUT2D eigenvalue weighted by Crippen LogP contribution is 2.29. The quantitative estimate of drug-likeness (QED) is 0.381. The molecule has 1 saturated heterocycles. The van der Waals surface area contributed by atoms with E-state index in [0.717, 1.165) is 38.0 Å². The summed E-state index contributed by atoms with van der Waals surface area (Å²) in [5, 5.41) is 6.32. The van der Waals surface area contributed by atoms with Crippen LogP contribution in [0.25, 0.3) is 0 Å². The molecule has 1 aliphatic rings. The number of aliphatic imine (C=N–C) groups is 1. The van der Waals surface area contributed by atoms with Gasteiger partial charge in [-0.05, 0) is 63.0 Å². The molecular formula is C18H28F3IN4. The number of guanidine groups is 1. The zero-order valence-electron chi connectivity index (χ0n) is 15.3. The second kappa shape index (κ2) is 11.0. The third-order valence-corrected chi connectivity index (χ3v) is 4.62. The Bertz CT molecular complexity index is 570. The largest absolute Gasteiger partial charge is 0.416 e. The molecule has 0 saturated carbocycles. The fourth-order valence-electron chi connectivity index (χ4n) is 3.01. The van der Waals surface area contributed by atoms with Gasteiger partial charge in [-0.2, -0.15) is 13.2 Å². The summed E-state index contributed by atoms with van der Waals surface area (Å²) >= 11 is 0. The van der Waals surface area contributed by atoms with Gasteiger partial charge in [-0.1, -0.05) is 12.1 Å². The Morgan fingerprint density at radius 1 is 1.23 bits per heavy atom. The van der Waals surface area contributed by atoms with E-state index in [-0.39, 0.29) is 24.0 Å². The van der Waals surface area contributed by atoms with E-state index in [1.54, 1.807) is 13.1 Å². The smallest absolute Gasteiger partial charge is 0.356 e. The lowest BCUT2D eigenvalue weighted by atomic mass is 9.94. The van der Waals surface area contributed by atoms with Gasteiger partial charge in [0.2, 0.25) is 0 Å². The van der Waals surface area contributed by atoms with Gasteiger partial charge >= 0.3 is 6.18 Å². The maximum atomic E-state index is 12.7. The van der Waals surface area contributed by atoms with Crippen molar-refractivity contribution in [3.63, 3.8) is 0 Å². The standard InChI is InChI=1S/C18H27F3N4.HI/c1-22-17(23-9-6-14-7-10-25(2)11-8-14)24-13-15-4-3-5-16(12-15)18(19,20)21;/h3-5,12,14H,6-11,13H2,1-2H3,(H2,22,23,24);1H. The van der Waals surface area contributed by atoms with Crippen LogP contribution in [-0.4, -0.2) is 44.6 Å². The van der Waals surface area contributed by atoms with Crippen LogP contribution in [0.15, 0.2) is 29.3 Å². The summed E-state index contributed by atoms with van der Waals surface area (Å²) in [6, 6.07) is 5.35. The molecule has 148 valence electrons. The van der Waals surface area contributed by atoms with Gasteiger partial charge in [-0.3, -0.25) is 4.99 Å². The summed E-state index contributed by atoms with van der Waals surface area (Å²) in [6.45, 7) is 3.41. The van der Waals surface area contributed by atoms with Crippen LogP contribution >= 0.6 is 24.0 Å². The van der Waals surface area contributed by atoms with Crippen molar-refractivity contribution in [1.82, 2.24) is 15.5 Å². The Kier molecular flexibility index (Phi) is 9.70. The van der Waals surface area contributed by atoms with Crippen LogP contribution in [0.2, 0.25) is 0 Å². The zero-order chi connectivity index (χ0) is 18.3. The summed E-state index contributed by atoms with van der Waals surface area (Å²) < 4.78 is 38.2. The van der Waals surface area contributed by atoms with Crippen LogP contribution in [0.3, 0.4) is 0 Å². The lowest BCUT2D eigenvalue weighted by Crippen LogP contribution is -2.38. The van der Waals surface area contributed by atoms with E-state index in [0.29, 0.717) is 18.1 Å². The van der Waals surface area contributed by atoms with Crippen molar-refractivity contribution in [3.8, 4) is 0 Å². The van der Waals surface area contributed by atoms with Crippen molar-refractivity contribution in [3.05, 3.63) is 35.4 Å². The first kappa shape index (κ1) is 23.0. The van der Waals surface area contributed by atoms with E-state index in [9.17, 15) is 13.2 Å². The Morgan fingerprint density at radius 2 is 1.92 bits per heavy atom. The SMILES string of the molecule is CN=C(NCCC1CCN(C)CC1)NCc1cccc(C(F)(F)F)c1.I. The number of nitrogens with zero attached hydrogens (tertiary/aromatic N) is 2. The first-order valence-corrected chi connectivity index (χ1v) is 8.67. The van der Waals surface area contributed by atoms with Crippen molar-refractivity contribution in [2.75, 3.05) is 33.7 Å². The van der Waals surface area contributed by atoms with E-state index in [2.05, 4.69) is 27.6 Å². The molecule has 0 spiro atoms. The molecule has 2 rings (SSSR count). The van der Waals surface area contributed by atoms with E-state index in [1.807, 2.05) is 0 Å². The molecule has 0 aliphatic carbocycles. The van der Waals surface area contributed by atoms with Crippen molar-refractivity contribution in [2.24, 2.45) is 10.9 Å². The first-order valence-electron chi connectivity index (χ1n) is 8.67. The Morgan fingerprint density at radius 3 is 2.54 bits per heavy atom. The minimum Gasteiger partial charge on any atom is -0.356 e. The number of hydrogen-bond acceptors (Lipinski definition) is 2. The molecule has 0 radical (unpaired) electrons. The topological polar surface area (TPSA) is 39.7 Å². The monoisotopic (exact) mass is 484 g/mol. The van der Waals surface area contributed by atoms with Crippen molar-refractivity contribution in [1.29, 1.82) is 0 Å². The summed E-state index contributed by atoms with van der Waals surface area (Å²) in [5.74, 6) is 1.34. The molecule has 1 heterocycles. The van der Waals surface area contributed by atoms with Gasteiger partial charge in [0.1, 0.15) is 0 Å². The number of rotatable bonds is 5. The molecule has 1 aliphatic heterocycles. The molecule has 0 aromatic heterocycles. The van der Waals surface area contributed by atoms with Crippen molar-refractivity contribution >= 4 is 29.9 Å². The molecule has 0 bridgehead atoms. The highest BCUT2D eigenvalue weighted by molar-refractivity contribution is 14.0. The zero-order valence-corrected chi connectivity index (χ0v) is 17.6. The van der Waals surface area contributed by atoms with Gasteiger partial charge in [-0.25, -0.2) is 0 Å². The van der Waals surface area contributed by atoms with Crippen LogP contribution < -0.4 is 10.6 Å². The number of nitrogens with one attached hydrogen (secondary N) is 2. The Hall–Kier alpha value is -1.03. The fraction of sp³-hybridized carbons (Fsp3) is 0.611.